The second-order valence-electron chi connectivity index (χ2n) is 4.86. The van der Waals surface area contributed by atoms with E-state index in [2.05, 4.69) is 34.4 Å². The van der Waals surface area contributed by atoms with Crippen molar-refractivity contribution in [3.63, 3.8) is 0 Å². The summed E-state index contributed by atoms with van der Waals surface area (Å²) in [5.41, 5.74) is 0.930. The summed E-state index contributed by atoms with van der Waals surface area (Å²) in [6, 6.07) is 5.06. The molecule has 1 aliphatic carbocycles. The van der Waals surface area contributed by atoms with E-state index in [4.69, 9.17) is 0 Å². The highest BCUT2D eigenvalue weighted by Gasteiger charge is 2.35. The number of aromatic nitrogens is 1. The molecule has 1 aromatic heterocycles. The van der Waals surface area contributed by atoms with Crippen molar-refractivity contribution < 1.29 is 0 Å². The number of anilines is 1. The van der Waals surface area contributed by atoms with E-state index in [1.807, 2.05) is 19.4 Å². The number of H-pyrrole nitrogens is 1. The lowest BCUT2D eigenvalue weighted by atomic mass is 9.80. The van der Waals surface area contributed by atoms with Crippen molar-refractivity contribution in [2.45, 2.75) is 37.3 Å². The van der Waals surface area contributed by atoms with Crippen LogP contribution in [-0.4, -0.2) is 30.7 Å². The molecule has 1 heterocycles. The highest BCUT2D eigenvalue weighted by atomic mass is 15.1. The third-order valence-electron chi connectivity index (χ3n) is 4.04. The second kappa shape index (κ2) is 4.80. The summed E-state index contributed by atoms with van der Waals surface area (Å²) in [7, 11) is 4.02. The molecule has 0 aliphatic heterocycles. The number of nitrogens with one attached hydrogen (secondary N) is 2. The third kappa shape index (κ3) is 2.29. The van der Waals surface area contributed by atoms with Gasteiger partial charge in [0.05, 0.1) is 11.8 Å². The fraction of sp³-hybridized carbons (Fsp3) is 0.615. The summed E-state index contributed by atoms with van der Waals surface area (Å²) in [6.45, 7) is 0. The van der Waals surface area contributed by atoms with Crippen LogP contribution in [0, 0.1) is 11.3 Å². The van der Waals surface area contributed by atoms with E-state index in [-0.39, 0.29) is 5.54 Å². The van der Waals surface area contributed by atoms with Crippen molar-refractivity contribution in [3.05, 3.63) is 18.5 Å². The fourth-order valence-electron chi connectivity index (χ4n) is 2.65. The van der Waals surface area contributed by atoms with Gasteiger partial charge in [-0.25, -0.2) is 0 Å². The monoisotopic (exact) mass is 232 g/mol. The summed E-state index contributed by atoms with van der Waals surface area (Å²) in [4.78, 5) is 5.39. The summed E-state index contributed by atoms with van der Waals surface area (Å²) in [5.74, 6) is 0. The standard InChI is InChI=1S/C13H20N4/c1-15-13(10-14)6-3-11(4-7-13)17(2)12-5-8-16-9-12/h5,8-9,11,15-16H,3-4,6-7H2,1-2H3. The van der Waals surface area contributed by atoms with E-state index in [9.17, 15) is 5.26 Å². The molecule has 0 atom stereocenters. The van der Waals surface area contributed by atoms with Gasteiger partial charge in [-0.05, 0) is 38.8 Å². The van der Waals surface area contributed by atoms with E-state index in [1.54, 1.807) is 0 Å². The maximum absolute atomic E-state index is 9.22. The molecule has 1 saturated carbocycles. The average Bonchev–Trinajstić information content (AvgIpc) is 2.92. The average molecular weight is 232 g/mol. The van der Waals surface area contributed by atoms with Crippen molar-refractivity contribution in [1.82, 2.24) is 10.3 Å². The van der Waals surface area contributed by atoms with E-state index in [1.165, 1.54) is 5.69 Å². The van der Waals surface area contributed by atoms with Gasteiger partial charge in [0.1, 0.15) is 5.54 Å². The largest absolute Gasteiger partial charge is 0.370 e. The molecule has 2 N–H and O–H groups in total. The van der Waals surface area contributed by atoms with Crippen LogP contribution in [0.5, 0.6) is 0 Å². The minimum atomic E-state index is -0.296. The van der Waals surface area contributed by atoms with Crippen molar-refractivity contribution in [2.75, 3.05) is 19.0 Å². The van der Waals surface area contributed by atoms with Gasteiger partial charge < -0.3 is 15.2 Å². The molecule has 0 saturated heterocycles. The lowest BCUT2D eigenvalue weighted by molar-refractivity contribution is 0.287. The molecular formula is C13H20N4. The maximum Gasteiger partial charge on any atom is 0.106 e. The van der Waals surface area contributed by atoms with Crippen LogP contribution in [0.25, 0.3) is 0 Å². The molecule has 0 radical (unpaired) electrons. The first-order valence-corrected chi connectivity index (χ1v) is 6.16. The van der Waals surface area contributed by atoms with Crippen molar-refractivity contribution >= 4 is 5.69 Å². The Bertz CT molecular complexity index is 382. The van der Waals surface area contributed by atoms with Gasteiger partial charge in [-0.3, -0.25) is 0 Å². The molecule has 1 fully saturated rings. The van der Waals surface area contributed by atoms with Crippen molar-refractivity contribution in [2.24, 2.45) is 0 Å². The predicted molar refractivity (Wildman–Crippen MR) is 68.9 cm³/mol. The van der Waals surface area contributed by atoms with Crippen LogP contribution in [0.2, 0.25) is 0 Å². The zero-order valence-corrected chi connectivity index (χ0v) is 10.5. The number of rotatable bonds is 3. The molecule has 2 rings (SSSR count). The van der Waals surface area contributed by atoms with Gasteiger partial charge in [-0.1, -0.05) is 0 Å². The number of nitriles is 1. The molecule has 0 unspecified atom stereocenters. The van der Waals surface area contributed by atoms with Crippen molar-refractivity contribution in [1.29, 1.82) is 5.26 Å². The molecule has 0 aromatic carbocycles. The first-order chi connectivity index (χ1) is 8.21. The number of nitrogens with zero attached hydrogens (tertiary/aromatic N) is 2. The smallest absolute Gasteiger partial charge is 0.106 e. The fourth-order valence-corrected chi connectivity index (χ4v) is 2.65. The van der Waals surface area contributed by atoms with Gasteiger partial charge in [0, 0.05) is 25.5 Å². The third-order valence-corrected chi connectivity index (χ3v) is 4.04. The molecule has 0 amide bonds. The maximum atomic E-state index is 9.22. The molecule has 92 valence electrons. The number of aromatic amines is 1. The Balaban J connectivity index is 1.98. The zero-order valence-electron chi connectivity index (χ0n) is 10.5. The van der Waals surface area contributed by atoms with Gasteiger partial charge >= 0.3 is 0 Å². The van der Waals surface area contributed by atoms with Gasteiger partial charge in [0.15, 0.2) is 0 Å². The van der Waals surface area contributed by atoms with Crippen LogP contribution in [-0.2, 0) is 0 Å². The molecule has 17 heavy (non-hydrogen) atoms. The minimum absolute atomic E-state index is 0.296. The molecule has 4 nitrogen and oxygen atoms in total. The first kappa shape index (κ1) is 12.0. The lowest BCUT2D eigenvalue weighted by Crippen LogP contribution is -2.48. The molecule has 1 aromatic rings. The van der Waals surface area contributed by atoms with Gasteiger partial charge in [-0.15, -0.1) is 0 Å². The summed E-state index contributed by atoms with van der Waals surface area (Å²) < 4.78 is 0. The molecule has 0 bridgehead atoms. The number of hydrogen-bond acceptors (Lipinski definition) is 3. The summed E-state index contributed by atoms with van der Waals surface area (Å²) >= 11 is 0. The minimum Gasteiger partial charge on any atom is -0.370 e. The molecule has 4 heteroatoms. The van der Waals surface area contributed by atoms with E-state index < -0.39 is 0 Å². The topological polar surface area (TPSA) is 54.9 Å². The normalized spacial score (nSPS) is 28.6. The highest BCUT2D eigenvalue weighted by molar-refractivity contribution is 5.44. The molecule has 1 aliphatic rings. The van der Waals surface area contributed by atoms with E-state index >= 15 is 0 Å². The first-order valence-electron chi connectivity index (χ1n) is 6.16. The molecular weight excluding hydrogens is 212 g/mol. The lowest BCUT2D eigenvalue weighted by Gasteiger charge is -2.39. The quantitative estimate of drug-likeness (QED) is 0.836. The van der Waals surface area contributed by atoms with Crippen LogP contribution in [0.4, 0.5) is 5.69 Å². The summed E-state index contributed by atoms with van der Waals surface area (Å²) in [6.07, 6.45) is 7.96. The Morgan fingerprint density at radius 3 is 2.71 bits per heavy atom. The highest BCUT2D eigenvalue weighted by Crippen LogP contribution is 2.31. The zero-order chi connectivity index (χ0) is 12.3. The Kier molecular flexibility index (Phi) is 3.39. The Morgan fingerprint density at radius 1 is 1.53 bits per heavy atom. The van der Waals surface area contributed by atoms with E-state index in [0.717, 1.165) is 25.7 Å². The Morgan fingerprint density at radius 2 is 2.24 bits per heavy atom. The molecule has 0 spiro atoms. The van der Waals surface area contributed by atoms with Gasteiger partial charge in [0.25, 0.3) is 0 Å². The Hall–Kier alpha value is -1.47. The van der Waals surface area contributed by atoms with Crippen molar-refractivity contribution in [3.8, 4) is 6.07 Å². The SMILES string of the molecule is CNC1(C#N)CCC(N(C)c2cc[nH]c2)CC1. The second-order valence-corrected chi connectivity index (χ2v) is 4.86. The van der Waals surface area contributed by atoms with Crippen LogP contribution in [0.1, 0.15) is 25.7 Å². The van der Waals surface area contributed by atoms with Crippen LogP contribution in [0.3, 0.4) is 0 Å². The van der Waals surface area contributed by atoms with E-state index in [0.29, 0.717) is 6.04 Å². The van der Waals surface area contributed by atoms with Crippen LogP contribution >= 0.6 is 0 Å². The van der Waals surface area contributed by atoms with Gasteiger partial charge in [-0.2, -0.15) is 5.26 Å². The van der Waals surface area contributed by atoms with Crippen LogP contribution in [0.15, 0.2) is 18.5 Å². The summed E-state index contributed by atoms with van der Waals surface area (Å²) in [5, 5.41) is 12.4. The van der Waals surface area contributed by atoms with Crippen LogP contribution < -0.4 is 10.2 Å². The van der Waals surface area contributed by atoms with Gasteiger partial charge in [0.2, 0.25) is 0 Å². The number of hydrogen-bond donors (Lipinski definition) is 2. The Labute approximate surface area is 103 Å². The predicted octanol–water partition coefficient (Wildman–Crippen LogP) is 1.88.